The quantitative estimate of drug-likeness (QED) is 0.809. The number of methoxy groups -OCH3 is 1. The summed E-state index contributed by atoms with van der Waals surface area (Å²) in [5, 5.41) is 6.01. The molecule has 1 N–H and O–H groups in total. The lowest BCUT2D eigenvalue weighted by molar-refractivity contribution is 0.0602. The van der Waals surface area contributed by atoms with Crippen molar-refractivity contribution >= 4 is 27.3 Å². The highest BCUT2D eigenvalue weighted by atomic mass is 32.2. The Labute approximate surface area is 144 Å². The molecule has 0 unspecified atom stereocenters. The Morgan fingerprint density at radius 1 is 1.42 bits per heavy atom. The average molecular weight is 369 g/mol. The van der Waals surface area contributed by atoms with Crippen LogP contribution in [0.25, 0.3) is 0 Å². The lowest BCUT2D eigenvalue weighted by Gasteiger charge is -2.12. The summed E-state index contributed by atoms with van der Waals surface area (Å²) in [5.74, 6) is -0.652. The van der Waals surface area contributed by atoms with E-state index in [-0.39, 0.29) is 16.3 Å². The zero-order valence-electron chi connectivity index (χ0n) is 13.5. The Kier molecular flexibility index (Phi) is 4.75. The molecule has 24 heavy (non-hydrogen) atoms. The third kappa shape index (κ3) is 3.11. The number of sulfonamides is 1. The Morgan fingerprint density at radius 3 is 2.92 bits per heavy atom. The fraction of sp³-hybridized carbons (Fsp3) is 0.467. The van der Waals surface area contributed by atoms with E-state index in [9.17, 15) is 13.2 Å². The minimum Gasteiger partial charge on any atom is -0.465 e. The van der Waals surface area contributed by atoms with Crippen LogP contribution in [0.4, 0.5) is 0 Å². The minimum absolute atomic E-state index is 0.0517. The molecule has 7 nitrogen and oxygen atoms in total. The second-order valence-corrected chi connectivity index (χ2v) is 8.28. The minimum atomic E-state index is -3.81. The number of aryl methyl sites for hydroxylation is 1. The van der Waals surface area contributed by atoms with E-state index in [1.54, 1.807) is 5.38 Å². The summed E-state index contributed by atoms with van der Waals surface area (Å²) >= 11 is 1.04. The molecule has 0 spiro atoms. The number of hydrogen-bond donors (Lipinski definition) is 1. The first-order valence-electron chi connectivity index (χ1n) is 7.63. The molecular formula is C15H19N3O4S2. The van der Waals surface area contributed by atoms with Crippen LogP contribution in [-0.2, 0) is 41.2 Å². The van der Waals surface area contributed by atoms with Gasteiger partial charge in [-0.05, 0) is 42.7 Å². The average Bonchev–Trinajstić information content (AvgIpc) is 3.19. The van der Waals surface area contributed by atoms with E-state index < -0.39 is 16.0 Å². The molecule has 0 saturated carbocycles. The van der Waals surface area contributed by atoms with E-state index in [1.807, 2.05) is 11.7 Å². The smallest absolute Gasteiger partial charge is 0.349 e. The molecule has 3 rings (SSSR count). The molecule has 0 aromatic carbocycles. The summed E-state index contributed by atoms with van der Waals surface area (Å²) in [4.78, 5) is 11.7. The molecule has 130 valence electrons. The van der Waals surface area contributed by atoms with Crippen molar-refractivity contribution in [2.75, 3.05) is 7.11 Å². The van der Waals surface area contributed by atoms with Gasteiger partial charge in [0.05, 0.1) is 19.3 Å². The first kappa shape index (κ1) is 17.1. The molecule has 9 heteroatoms. The van der Waals surface area contributed by atoms with Crippen molar-refractivity contribution in [1.82, 2.24) is 14.5 Å². The lowest BCUT2D eigenvalue weighted by atomic mass is 9.96. The monoisotopic (exact) mass is 369 g/mol. The predicted molar refractivity (Wildman–Crippen MR) is 89.5 cm³/mol. The van der Waals surface area contributed by atoms with E-state index in [0.717, 1.165) is 48.3 Å². The van der Waals surface area contributed by atoms with E-state index >= 15 is 0 Å². The standard InChI is InChI=1S/C15H19N3O4S2/c1-18-12-6-4-3-5-10(12)11(17-18)9-16-24(20,21)13-7-8-23-14(13)15(19)22-2/h7-8,16H,3-6,9H2,1-2H3. The Hall–Kier alpha value is -1.71. The summed E-state index contributed by atoms with van der Waals surface area (Å²) in [6.07, 6.45) is 4.12. The van der Waals surface area contributed by atoms with Crippen molar-refractivity contribution in [2.45, 2.75) is 37.1 Å². The van der Waals surface area contributed by atoms with Gasteiger partial charge in [-0.1, -0.05) is 0 Å². The van der Waals surface area contributed by atoms with Gasteiger partial charge >= 0.3 is 5.97 Å². The molecule has 0 radical (unpaired) electrons. The number of ether oxygens (including phenoxy) is 1. The van der Waals surface area contributed by atoms with Crippen molar-refractivity contribution < 1.29 is 17.9 Å². The van der Waals surface area contributed by atoms with Crippen LogP contribution in [0.5, 0.6) is 0 Å². The van der Waals surface area contributed by atoms with Crippen LogP contribution in [0.2, 0.25) is 0 Å². The van der Waals surface area contributed by atoms with Gasteiger partial charge < -0.3 is 4.74 Å². The number of esters is 1. The summed E-state index contributed by atoms with van der Waals surface area (Å²) in [6.45, 7) is 0.113. The Balaban J connectivity index is 1.82. The van der Waals surface area contributed by atoms with Crippen molar-refractivity contribution in [3.05, 3.63) is 33.3 Å². The number of rotatable bonds is 5. The van der Waals surface area contributed by atoms with Gasteiger partial charge in [0.2, 0.25) is 10.0 Å². The Bertz CT molecular complexity index is 867. The number of carbonyl (C=O) groups excluding carboxylic acids is 1. The van der Waals surface area contributed by atoms with Crippen molar-refractivity contribution in [1.29, 1.82) is 0 Å². The molecule has 0 bridgehead atoms. The van der Waals surface area contributed by atoms with Crippen LogP contribution < -0.4 is 4.72 Å². The molecule has 0 aliphatic heterocycles. The maximum Gasteiger partial charge on any atom is 0.349 e. The zero-order chi connectivity index (χ0) is 17.3. The Morgan fingerprint density at radius 2 is 2.17 bits per heavy atom. The second-order valence-electron chi connectivity index (χ2n) is 5.63. The third-order valence-electron chi connectivity index (χ3n) is 4.17. The number of fused-ring (bicyclic) bond motifs is 1. The van der Waals surface area contributed by atoms with Gasteiger partial charge in [-0.2, -0.15) is 5.10 Å². The van der Waals surface area contributed by atoms with Crippen molar-refractivity contribution in [3.63, 3.8) is 0 Å². The van der Waals surface area contributed by atoms with Crippen LogP contribution in [-0.4, -0.2) is 31.3 Å². The van der Waals surface area contributed by atoms with E-state index in [2.05, 4.69) is 14.6 Å². The zero-order valence-corrected chi connectivity index (χ0v) is 15.2. The van der Waals surface area contributed by atoms with Gasteiger partial charge in [-0.3, -0.25) is 4.68 Å². The maximum atomic E-state index is 12.5. The van der Waals surface area contributed by atoms with E-state index in [4.69, 9.17) is 0 Å². The first-order chi connectivity index (χ1) is 11.4. The molecule has 0 saturated heterocycles. The van der Waals surface area contributed by atoms with Crippen LogP contribution in [0.3, 0.4) is 0 Å². The molecule has 1 aliphatic carbocycles. The van der Waals surface area contributed by atoms with E-state index in [1.165, 1.54) is 18.9 Å². The number of nitrogens with zero attached hydrogens (tertiary/aromatic N) is 2. The number of nitrogens with one attached hydrogen (secondary N) is 1. The molecule has 0 atom stereocenters. The summed E-state index contributed by atoms with van der Waals surface area (Å²) in [7, 11) is -0.694. The third-order valence-corrected chi connectivity index (χ3v) is 6.63. The van der Waals surface area contributed by atoms with Gasteiger partial charge in [0.25, 0.3) is 0 Å². The number of thiophene rings is 1. The van der Waals surface area contributed by atoms with Crippen molar-refractivity contribution in [2.24, 2.45) is 7.05 Å². The first-order valence-corrected chi connectivity index (χ1v) is 9.99. The second kappa shape index (κ2) is 6.66. The van der Waals surface area contributed by atoms with Gasteiger partial charge in [-0.25, -0.2) is 17.9 Å². The van der Waals surface area contributed by atoms with Crippen LogP contribution in [0.15, 0.2) is 16.3 Å². The van der Waals surface area contributed by atoms with Gasteiger partial charge in [0.1, 0.15) is 9.77 Å². The largest absolute Gasteiger partial charge is 0.465 e. The molecule has 0 fully saturated rings. The summed E-state index contributed by atoms with van der Waals surface area (Å²) < 4.78 is 34.1. The van der Waals surface area contributed by atoms with Gasteiger partial charge in [-0.15, -0.1) is 11.3 Å². The highest BCUT2D eigenvalue weighted by Gasteiger charge is 2.26. The van der Waals surface area contributed by atoms with Crippen LogP contribution >= 0.6 is 11.3 Å². The topological polar surface area (TPSA) is 90.3 Å². The summed E-state index contributed by atoms with van der Waals surface area (Å²) in [5.41, 5.74) is 3.08. The molecule has 1 aliphatic rings. The molecule has 0 amide bonds. The lowest BCUT2D eigenvalue weighted by Crippen LogP contribution is -2.25. The predicted octanol–water partition coefficient (Wildman–Crippen LogP) is 1.63. The number of carbonyl (C=O) groups is 1. The van der Waals surface area contributed by atoms with E-state index in [0.29, 0.717) is 0 Å². The number of aromatic nitrogens is 2. The highest BCUT2D eigenvalue weighted by molar-refractivity contribution is 7.89. The molecule has 2 aromatic heterocycles. The fourth-order valence-corrected chi connectivity index (χ4v) is 5.31. The normalized spacial score (nSPS) is 14.4. The van der Waals surface area contributed by atoms with Crippen LogP contribution in [0, 0.1) is 0 Å². The van der Waals surface area contributed by atoms with Gasteiger partial charge in [0, 0.05) is 12.7 Å². The fourth-order valence-electron chi connectivity index (χ4n) is 2.99. The van der Waals surface area contributed by atoms with Crippen molar-refractivity contribution in [3.8, 4) is 0 Å². The summed E-state index contributed by atoms with van der Waals surface area (Å²) in [6, 6.07) is 1.41. The SMILES string of the molecule is COC(=O)c1sccc1S(=O)(=O)NCc1nn(C)c2c1CCCC2. The molecule has 2 aromatic rings. The molecule has 2 heterocycles. The van der Waals surface area contributed by atoms with Gasteiger partial charge in [0.15, 0.2) is 0 Å². The number of hydrogen-bond acceptors (Lipinski definition) is 6. The maximum absolute atomic E-state index is 12.5. The highest BCUT2D eigenvalue weighted by Crippen LogP contribution is 2.25. The molecular weight excluding hydrogens is 350 g/mol. The van der Waals surface area contributed by atoms with Crippen LogP contribution in [0.1, 0.15) is 39.5 Å².